The van der Waals surface area contributed by atoms with Crippen molar-refractivity contribution in [2.75, 3.05) is 20.3 Å². The molecular weight excluding hydrogens is 186 g/mol. The second-order valence-electron chi connectivity index (χ2n) is 3.43. The summed E-state index contributed by atoms with van der Waals surface area (Å²) in [7, 11) is 1.51. The van der Waals surface area contributed by atoms with Crippen molar-refractivity contribution in [3.63, 3.8) is 0 Å². The van der Waals surface area contributed by atoms with Gasteiger partial charge in [-0.15, -0.1) is 0 Å². The highest BCUT2D eigenvalue weighted by Gasteiger charge is 2.19. The molecule has 0 aromatic carbocycles. The number of aliphatic hydroxyl groups excluding tert-OH is 1. The highest BCUT2D eigenvalue weighted by Crippen LogP contribution is 2.01. The second kappa shape index (κ2) is 6.75. The van der Waals surface area contributed by atoms with Crippen LogP contribution >= 0.6 is 0 Å². The largest absolute Gasteiger partial charge is 0.481 e. The predicted molar refractivity (Wildman–Crippen MR) is 52.1 cm³/mol. The fraction of sp³-hybridized carbons (Fsp3) is 0.889. The van der Waals surface area contributed by atoms with Gasteiger partial charge in [0, 0.05) is 19.7 Å². The van der Waals surface area contributed by atoms with Gasteiger partial charge in [-0.05, 0) is 6.92 Å². The number of hydrogen-bond donors (Lipinski definition) is 3. The SMILES string of the molecule is COCC(O)CNC(C)C(C)C(=O)O. The Bertz CT molecular complexity index is 174. The molecular formula is C9H19NO4. The maximum absolute atomic E-state index is 10.6. The Morgan fingerprint density at radius 3 is 2.50 bits per heavy atom. The Kier molecular flexibility index (Phi) is 6.44. The monoisotopic (exact) mass is 205 g/mol. The smallest absolute Gasteiger partial charge is 0.307 e. The number of aliphatic hydroxyl groups is 1. The van der Waals surface area contributed by atoms with Crippen molar-refractivity contribution in [2.45, 2.75) is 26.0 Å². The minimum Gasteiger partial charge on any atom is -0.481 e. The first kappa shape index (κ1) is 13.4. The summed E-state index contributed by atoms with van der Waals surface area (Å²) >= 11 is 0. The zero-order valence-corrected chi connectivity index (χ0v) is 8.86. The van der Waals surface area contributed by atoms with E-state index >= 15 is 0 Å². The highest BCUT2D eigenvalue weighted by atomic mass is 16.5. The maximum Gasteiger partial charge on any atom is 0.307 e. The van der Waals surface area contributed by atoms with Gasteiger partial charge in [0.1, 0.15) is 0 Å². The van der Waals surface area contributed by atoms with Crippen LogP contribution in [0.15, 0.2) is 0 Å². The first-order chi connectivity index (χ1) is 6.49. The molecule has 0 amide bonds. The molecule has 0 aliphatic carbocycles. The molecule has 0 saturated carbocycles. The van der Waals surface area contributed by atoms with E-state index in [1.54, 1.807) is 13.8 Å². The highest BCUT2D eigenvalue weighted by molar-refractivity contribution is 5.70. The molecule has 0 aliphatic heterocycles. The van der Waals surface area contributed by atoms with Crippen molar-refractivity contribution in [2.24, 2.45) is 5.92 Å². The third kappa shape index (κ3) is 5.16. The van der Waals surface area contributed by atoms with Gasteiger partial charge in [0.05, 0.1) is 18.6 Å². The van der Waals surface area contributed by atoms with E-state index in [2.05, 4.69) is 5.32 Å². The molecule has 0 saturated heterocycles. The lowest BCUT2D eigenvalue weighted by molar-refractivity contribution is -0.142. The van der Waals surface area contributed by atoms with Crippen LogP contribution in [0, 0.1) is 5.92 Å². The van der Waals surface area contributed by atoms with Gasteiger partial charge in [-0.1, -0.05) is 6.92 Å². The number of carboxylic acid groups (broad SMARTS) is 1. The quantitative estimate of drug-likeness (QED) is 0.531. The van der Waals surface area contributed by atoms with Crippen molar-refractivity contribution >= 4 is 5.97 Å². The molecule has 0 aromatic heterocycles. The molecule has 0 bridgehead atoms. The molecule has 3 unspecified atom stereocenters. The van der Waals surface area contributed by atoms with E-state index in [0.29, 0.717) is 6.54 Å². The summed E-state index contributed by atoms with van der Waals surface area (Å²) < 4.78 is 4.74. The molecule has 0 spiro atoms. The van der Waals surface area contributed by atoms with E-state index in [9.17, 15) is 9.90 Å². The van der Waals surface area contributed by atoms with Crippen molar-refractivity contribution in [1.29, 1.82) is 0 Å². The minimum atomic E-state index is -0.841. The summed E-state index contributed by atoms with van der Waals surface area (Å²) in [6, 6.07) is -0.168. The minimum absolute atomic E-state index is 0.168. The van der Waals surface area contributed by atoms with Crippen LogP contribution in [0.5, 0.6) is 0 Å². The Balaban J connectivity index is 3.72. The van der Waals surface area contributed by atoms with Crippen molar-refractivity contribution < 1.29 is 19.7 Å². The maximum atomic E-state index is 10.6. The second-order valence-corrected chi connectivity index (χ2v) is 3.43. The molecule has 0 aliphatic rings. The Morgan fingerprint density at radius 2 is 2.07 bits per heavy atom. The fourth-order valence-electron chi connectivity index (χ4n) is 0.964. The van der Waals surface area contributed by atoms with Gasteiger partial charge in [0.25, 0.3) is 0 Å². The first-order valence-corrected chi connectivity index (χ1v) is 4.62. The van der Waals surface area contributed by atoms with Gasteiger partial charge in [-0.25, -0.2) is 0 Å². The molecule has 0 fully saturated rings. The lowest BCUT2D eigenvalue weighted by Crippen LogP contribution is -2.41. The molecule has 5 heteroatoms. The van der Waals surface area contributed by atoms with Gasteiger partial charge < -0.3 is 20.3 Å². The van der Waals surface area contributed by atoms with E-state index in [1.165, 1.54) is 7.11 Å². The number of ether oxygens (including phenoxy) is 1. The number of hydrogen-bond acceptors (Lipinski definition) is 4. The zero-order valence-electron chi connectivity index (χ0n) is 8.86. The zero-order chi connectivity index (χ0) is 11.1. The predicted octanol–water partition coefficient (Wildman–Crippen LogP) is -0.307. The van der Waals surface area contributed by atoms with Gasteiger partial charge in [-0.2, -0.15) is 0 Å². The summed E-state index contributed by atoms with van der Waals surface area (Å²) in [4.78, 5) is 10.6. The lowest BCUT2D eigenvalue weighted by atomic mass is 10.0. The van der Waals surface area contributed by atoms with Crippen LogP contribution in [0.25, 0.3) is 0 Å². The number of rotatable bonds is 7. The summed E-state index contributed by atoms with van der Waals surface area (Å²) in [5, 5.41) is 20.9. The average Bonchev–Trinajstić information content (AvgIpc) is 2.13. The Hall–Kier alpha value is -0.650. The van der Waals surface area contributed by atoms with E-state index in [0.717, 1.165) is 0 Å². The number of aliphatic carboxylic acids is 1. The van der Waals surface area contributed by atoms with E-state index in [4.69, 9.17) is 9.84 Å². The van der Waals surface area contributed by atoms with Crippen LogP contribution < -0.4 is 5.32 Å². The van der Waals surface area contributed by atoms with Crippen molar-refractivity contribution in [1.82, 2.24) is 5.32 Å². The summed E-state index contributed by atoms with van der Waals surface area (Å²) in [5.74, 6) is -1.31. The number of carbonyl (C=O) groups is 1. The van der Waals surface area contributed by atoms with Crippen LogP contribution in [-0.4, -0.2) is 48.6 Å². The number of carboxylic acids is 1. The molecule has 5 nitrogen and oxygen atoms in total. The lowest BCUT2D eigenvalue weighted by Gasteiger charge is -2.19. The topological polar surface area (TPSA) is 78.8 Å². The Morgan fingerprint density at radius 1 is 1.50 bits per heavy atom. The molecule has 0 radical (unpaired) electrons. The molecule has 0 rings (SSSR count). The van der Waals surface area contributed by atoms with Gasteiger partial charge in [0.15, 0.2) is 0 Å². The van der Waals surface area contributed by atoms with Gasteiger partial charge >= 0.3 is 5.97 Å². The third-order valence-corrected chi connectivity index (χ3v) is 2.17. The van der Waals surface area contributed by atoms with Crippen molar-refractivity contribution in [3.8, 4) is 0 Å². The Labute approximate surface area is 84.1 Å². The molecule has 0 heterocycles. The van der Waals surface area contributed by atoms with Crippen LogP contribution in [0.4, 0.5) is 0 Å². The van der Waals surface area contributed by atoms with Crippen LogP contribution in [0.2, 0.25) is 0 Å². The molecule has 14 heavy (non-hydrogen) atoms. The third-order valence-electron chi connectivity index (χ3n) is 2.17. The first-order valence-electron chi connectivity index (χ1n) is 4.62. The van der Waals surface area contributed by atoms with Gasteiger partial charge in [-0.3, -0.25) is 4.79 Å². The number of methoxy groups -OCH3 is 1. The van der Waals surface area contributed by atoms with Crippen LogP contribution in [0.1, 0.15) is 13.8 Å². The standard InChI is InChI=1S/C9H19NO4/c1-6(9(12)13)7(2)10-4-8(11)5-14-3/h6-8,10-11H,4-5H2,1-3H3,(H,12,13). The normalized spacial score (nSPS) is 17.4. The van der Waals surface area contributed by atoms with Crippen LogP contribution in [0.3, 0.4) is 0 Å². The van der Waals surface area contributed by atoms with E-state index < -0.39 is 18.0 Å². The molecule has 0 aromatic rings. The molecule has 3 atom stereocenters. The van der Waals surface area contributed by atoms with Crippen molar-refractivity contribution in [3.05, 3.63) is 0 Å². The summed E-state index contributed by atoms with van der Waals surface area (Å²) in [6.45, 7) is 3.99. The summed E-state index contributed by atoms with van der Waals surface area (Å²) in [5.41, 5.74) is 0. The summed E-state index contributed by atoms with van der Waals surface area (Å²) in [6.07, 6.45) is -0.594. The van der Waals surface area contributed by atoms with E-state index in [-0.39, 0.29) is 12.6 Å². The number of nitrogens with one attached hydrogen (secondary N) is 1. The molecule has 84 valence electrons. The van der Waals surface area contributed by atoms with Crippen LogP contribution in [-0.2, 0) is 9.53 Å². The average molecular weight is 205 g/mol. The van der Waals surface area contributed by atoms with Gasteiger partial charge in [0.2, 0.25) is 0 Å². The molecule has 3 N–H and O–H groups in total. The fourth-order valence-corrected chi connectivity index (χ4v) is 0.964. The van der Waals surface area contributed by atoms with E-state index in [1.807, 2.05) is 0 Å².